The number of nitro groups is 1. The minimum absolute atomic E-state index is 0.140. The minimum Gasteiger partial charge on any atom is -0.285 e. The summed E-state index contributed by atoms with van der Waals surface area (Å²) >= 11 is 0. The van der Waals surface area contributed by atoms with Gasteiger partial charge >= 0.3 is 5.69 Å². The van der Waals surface area contributed by atoms with Crippen molar-refractivity contribution in [3.63, 3.8) is 0 Å². The Morgan fingerprint density at radius 1 is 1.56 bits per heavy atom. The van der Waals surface area contributed by atoms with Crippen molar-refractivity contribution < 1.29 is 4.92 Å². The molecule has 16 heavy (non-hydrogen) atoms. The maximum absolute atomic E-state index is 10.8. The number of aromatic nitrogens is 3. The molecule has 0 aliphatic carbocycles. The molecular weight excluding hydrogens is 210 g/mol. The summed E-state index contributed by atoms with van der Waals surface area (Å²) in [5.74, 6) is 0.140. The smallest absolute Gasteiger partial charge is 0.285 e. The lowest BCUT2D eigenvalue weighted by atomic mass is 10.3. The van der Waals surface area contributed by atoms with Crippen LogP contribution < -0.4 is 0 Å². The van der Waals surface area contributed by atoms with Crippen LogP contribution in [-0.2, 0) is 0 Å². The van der Waals surface area contributed by atoms with Crippen molar-refractivity contribution in [2.24, 2.45) is 0 Å². The maximum atomic E-state index is 10.8. The molecule has 0 aromatic carbocycles. The van der Waals surface area contributed by atoms with Crippen LogP contribution in [0.4, 0.5) is 5.69 Å². The SMILES string of the molecule is N#Cc1cnc(-n2ccnc2)c([N+](=O)[O-])c1. The predicted octanol–water partition coefficient (Wildman–Crippen LogP) is 1.05. The second-order valence-corrected chi connectivity index (χ2v) is 2.91. The molecule has 0 aliphatic rings. The number of hydrogen-bond acceptors (Lipinski definition) is 5. The molecule has 0 amide bonds. The molecule has 0 fully saturated rings. The van der Waals surface area contributed by atoms with E-state index in [1.165, 1.54) is 29.4 Å². The third-order valence-electron chi connectivity index (χ3n) is 1.92. The topological polar surface area (TPSA) is 97.6 Å². The fourth-order valence-electron chi connectivity index (χ4n) is 1.22. The Morgan fingerprint density at radius 2 is 2.38 bits per heavy atom. The summed E-state index contributed by atoms with van der Waals surface area (Å²) < 4.78 is 1.42. The van der Waals surface area contributed by atoms with Crippen LogP contribution in [0.15, 0.2) is 31.0 Å². The Kier molecular flexibility index (Phi) is 2.31. The van der Waals surface area contributed by atoms with Gasteiger partial charge in [0.2, 0.25) is 5.82 Å². The first-order chi connectivity index (χ1) is 7.72. The normalized spacial score (nSPS) is 9.69. The van der Waals surface area contributed by atoms with Crippen molar-refractivity contribution in [1.82, 2.24) is 14.5 Å². The van der Waals surface area contributed by atoms with Crippen molar-refractivity contribution in [3.8, 4) is 11.9 Å². The molecule has 78 valence electrons. The lowest BCUT2D eigenvalue weighted by molar-refractivity contribution is -0.384. The highest BCUT2D eigenvalue weighted by Gasteiger charge is 2.17. The third-order valence-corrected chi connectivity index (χ3v) is 1.92. The lowest BCUT2D eigenvalue weighted by Gasteiger charge is -2.01. The van der Waals surface area contributed by atoms with Crippen molar-refractivity contribution in [2.75, 3.05) is 0 Å². The molecule has 2 heterocycles. The molecule has 2 aromatic rings. The van der Waals surface area contributed by atoms with Gasteiger partial charge in [0.25, 0.3) is 0 Å². The van der Waals surface area contributed by atoms with E-state index in [0.717, 1.165) is 0 Å². The second-order valence-electron chi connectivity index (χ2n) is 2.91. The van der Waals surface area contributed by atoms with Crippen LogP contribution in [0, 0.1) is 21.4 Å². The van der Waals surface area contributed by atoms with Crippen LogP contribution in [0.5, 0.6) is 0 Å². The summed E-state index contributed by atoms with van der Waals surface area (Å²) in [6.45, 7) is 0. The number of imidazole rings is 1. The minimum atomic E-state index is -0.580. The Balaban J connectivity index is 2.63. The monoisotopic (exact) mass is 215 g/mol. The number of nitrogens with zero attached hydrogens (tertiary/aromatic N) is 5. The van der Waals surface area contributed by atoms with E-state index in [4.69, 9.17) is 5.26 Å². The van der Waals surface area contributed by atoms with Gasteiger partial charge in [0, 0.05) is 24.7 Å². The second kappa shape index (κ2) is 3.78. The average molecular weight is 215 g/mol. The zero-order valence-corrected chi connectivity index (χ0v) is 7.94. The number of pyridine rings is 1. The number of hydrogen-bond donors (Lipinski definition) is 0. The van der Waals surface area contributed by atoms with Crippen LogP contribution in [0.25, 0.3) is 5.82 Å². The van der Waals surface area contributed by atoms with E-state index in [2.05, 4.69) is 9.97 Å². The fraction of sp³-hybridized carbons (Fsp3) is 0. The van der Waals surface area contributed by atoms with Gasteiger partial charge in [0.05, 0.1) is 10.5 Å². The molecule has 0 N–H and O–H groups in total. The third kappa shape index (κ3) is 1.59. The van der Waals surface area contributed by atoms with E-state index in [1.54, 1.807) is 12.3 Å². The molecule has 0 saturated carbocycles. The molecule has 0 bridgehead atoms. The molecular formula is C9H5N5O2. The van der Waals surface area contributed by atoms with Crippen molar-refractivity contribution in [2.45, 2.75) is 0 Å². The zero-order valence-electron chi connectivity index (χ0n) is 7.94. The van der Waals surface area contributed by atoms with Gasteiger partial charge in [0.15, 0.2) is 0 Å². The molecule has 7 heteroatoms. The van der Waals surface area contributed by atoms with E-state index in [1.807, 2.05) is 0 Å². The molecule has 2 rings (SSSR count). The van der Waals surface area contributed by atoms with E-state index in [-0.39, 0.29) is 17.1 Å². The van der Waals surface area contributed by atoms with Gasteiger partial charge in [-0.25, -0.2) is 9.97 Å². The van der Waals surface area contributed by atoms with E-state index < -0.39 is 4.92 Å². The van der Waals surface area contributed by atoms with Crippen molar-refractivity contribution >= 4 is 5.69 Å². The highest BCUT2D eigenvalue weighted by atomic mass is 16.6. The molecule has 0 unspecified atom stereocenters. The first-order valence-electron chi connectivity index (χ1n) is 4.25. The van der Waals surface area contributed by atoms with Crippen LogP contribution in [-0.4, -0.2) is 19.5 Å². The first kappa shape index (κ1) is 9.79. The van der Waals surface area contributed by atoms with Crippen LogP contribution in [0.1, 0.15) is 5.56 Å². The van der Waals surface area contributed by atoms with Crippen LogP contribution in [0.3, 0.4) is 0 Å². The first-order valence-corrected chi connectivity index (χ1v) is 4.25. The van der Waals surface area contributed by atoms with Gasteiger partial charge in [-0.3, -0.25) is 14.7 Å². The summed E-state index contributed by atoms with van der Waals surface area (Å²) in [5, 5.41) is 19.4. The molecule has 2 aromatic heterocycles. The van der Waals surface area contributed by atoms with Crippen molar-refractivity contribution in [3.05, 3.63) is 46.7 Å². The fourth-order valence-corrected chi connectivity index (χ4v) is 1.22. The lowest BCUT2D eigenvalue weighted by Crippen LogP contribution is -2.01. The van der Waals surface area contributed by atoms with Crippen LogP contribution >= 0.6 is 0 Å². The van der Waals surface area contributed by atoms with Gasteiger partial charge in [-0.15, -0.1) is 0 Å². The summed E-state index contributed by atoms with van der Waals surface area (Å²) in [4.78, 5) is 17.9. The summed E-state index contributed by atoms with van der Waals surface area (Å²) in [5.41, 5.74) is -0.0763. The number of rotatable bonds is 2. The van der Waals surface area contributed by atoms with Gasteiger partial charge in [-0.05, 0) is 0 Å². The Hall–Kier alpha value is -2.75. The Bertz CT molecular complexity index is 570. The van der Waals surface area contributed by atoms with Gasteiger partial charge in [-0.1, -0.05) is 0 Å². The van der Waals surface area contributed by atoms with Crippen LogP contribution in [0.2, 0.25) is 0 Å². The molecule has 0 atom stereocenters. The molecule has 7 nitrogen and oxygen atoms in total. The Labute approximate surface area is 89.8 Å². The van der Waals surface area contributed by atoms with Crippen molar-refractivity contribution in [1.29, 1.82) is 5.26 Å². The van der Waals surface area contributed by atoms with Gasteiger partial charge < -0.3 is 0 Å². The quantitative estimate of drug-likeness (QED) is 0.550. The largest absolute Gasteiger partial charge is 0.313 e. The average Bonchev–Trinajstić information content (AvgIpc) is 2.81. The maximum Gasteiger partial charge on any atom is 0.313 e. The molecule has 0 spiro atoms. The highest BCUT2D eigenvalue weighted by Crippen LogP contribution is 2.20. The zero-order chi connectivity index (χ0) is 11.5. The Morgan fingerprint density at radius 3 is 2.94 bits per heavy atom. The summed E-state index contributed by atoms with van der Waals surface area (Å²) in [7, 11) is 0. The number of nitriles is 1. The molecule has 0 saturated heterocycles. The van der Waals surface area contributed by atoms with E-state index in [0.29, 0.717) is 0 Å². The summed E-state index contributed by atoms with van der Waals surface area (Å²) in [6, 6.07) is 2.99. The summed E-state index contributed by atoms with van der Waals surface area (Å²) in [6.07, 6.45) is 5.72. The van der Waals surface area contributed by atoms with Gasteiger partial charge in [-0.2, -0.15) is 5.26 Å². The predicted molar refractivity (Wildman–Crippen MR) is 52.7 cm³/mol. The molecule has 0 aliphatic heterocycles. The highest BCUT2D eigenvalue weighted by molar-refractivity contribution is 5.50. The van der Waals surface area contributed by atoms with E-state index in [9.17, 15) is 10.1 Å². The molecule has 0 radical (unpaired) electrons. The van der Waals surface area contributed by atoms with E-state index >= 15 is 0 Å². The standard InChI is InChI=1S/C9H5N5O2/c10-4-7-3-8(14(15)16)9(12-5-7)13-2-1-11-6-13/h1-3,5-6H. The van der Waals surface area contributed by atoms with Gasteiger partial charge in [0.1, 0.15) is 12.4 Å².